The van der Waals surface area contributed by atoms with Crippen molar-refractivity contribution in [1.29, 1.82) is 0 Å². The molecule has 0 unspecified atom stereocenters. The Hall–Kier alpha value is -2.18. The Morgan fingerprint density at radius 3 is 2.33 bits per heavy atom. The molecule has 2 amide bonds. The van der Waals surface area contributed by atoms with Crippen LogP contribution in [0, 0.1) is 12.8 Å². The molecule has 0 saturated carbocycles. The molecular weight excluding hydrogens is 434 g/mol. The smallest absolute Gasteiger partial charge is 0.409 e. The largest absolute Gasteiger partial charge is 0.450 e. The summed E-state index contributed by atoms with van der Waals surface area (Å²) in [5.41, 5.74) is 0.468. The molecule has 0 aromatic heterocycles. The molecule has 2 aliphatic rings. The number of amides is 2. The number of rotatable bonds is 4. The highest BCUT2D eigenvalue weighted by molar-refractivity contribution is 7.94. The zero-order valence-electron chi connectivity index (χ0n) is 17.1. The van der Waals surface area contributed by atoms with Gasteiger partial charge in [0.05, 0.1) is 28.9 Å². The van der Waals surface area contributed by atoms with Gasteiger partial charge in [0.2, 0.25) is 26.0 Å². The van der Waals surface area contributed by atoms with E-state index >= 15 is 0 Å². The Bertz CT molecular complexity index is 1060. The Morgan fingerprint density at radius 2 is 1.83 bits per heavy atom. The molecular formula is C18H25N3O7S2. The third-order valence-corrected chi connectivity index (χ3v) is 9.06. The lowest BCUT2D eigenvalue weighted by Crippen LogP contribution is -2.50. The van der Waals surface area contributed by atoms with Crippen LogP contribution in [-0.4, -0.2) is 76.6 Å². The Labute approximate surface area is 176 Å². The van der Waals surface area contributed by atoms with Gasteiger partial charge in [-0.15, -0.1) is 0 Å². The van der Waals surface area contributed by atoms with Crippen molar-refractivity contribution in [2.75, 3.05) is 42.8 Å². The highest BCUT2D eigenvalue weighted by Crippen LogP contribution is 2.31. The molecule has 12 heteroatoms. The summed E-state index contributed by atoms with van der Waals surface area (Å²) in [5, 5.41) is 0. The van der Waals surface area contributed by atoms with Gasteiger partial charge < -0.3 is 9.64 Å². The van der Waals surface area contributed by atoms with E-state index in [9.17, 15) is 26.4 Å². The van der Waals surface area contributed by atoms with E-state index in [4.69, 9.17) is 4.74 Å². The van der Waals surface area contributed by atoms with Crippen LogP contribution in [-0.2, 0) is 29.6 Å². The summed E-state index contributed by atoms with van der Waals surface area (Å²) >= 11 is 0. The quantitative estimate of drug-likeness (QED) is 0.652. The minimum Gasteiger partial charge on any atom is -0.450 e. The van der Waals surface area contributed by atoms with Crippen LogP contribution < -0.4 is 4.31 Å². The fraction of sp³-hybridized carbons (Fsp3) is 0.556. The molecule has 1 aromatic rings. The number of piperazine rings is 1. The standard InChI is InChI=1S/C18H25N3O7S2/c1-4-28-18(23)19-7-9-20(10-8-19)30(26,27)16-6-5-15(11-13(16)2)21-17(22)14(3)12-29(21,24)25/h5-6,11,14H,4,7-10,12H2,1-3H3/t14-/m1/s1. The van der Waals surface area contributed by atoms with Crippen molar-refractivity contribution >= 4 is 37.7 Å². The van der Waals surface area contributed by atoms with Crippen molar-refractivity contribution < 1.29 is 31.2 Å². The molecule has 2 fully saturated rings. The summed E-state index contributed by atoms with van der Waals surface area (Å²) in [4.78, 5) is 25.6. The number of ether oxygens (including phenoxy) is 1. The monoisotopic (exact) mass is 459 g/mol. The summed E-state index contributed by atoms with van der Waals surface area (Å²) in [6.45, 7) is 5.73. The van der Waals surface area contributed by atoms with Gasteiger partial charge in [-0.25, -0.2) is 25.9 Å². The van der Waals surface area contributed by atoms with Crippen LogP contribution in [0.4, 0.5) is 10.5 Å². The summed E-state index contributed by atoms with van der Waals surface area (Å²) in [6, 6.07) is 4.06. The molecule has 30 heavy (non-hydrogen) atoms. The first-order valence-corrected chi connectivity index (χ1v) is 12.6. The van der Waals surface area contributed by atoms with Gasteiger partial charge >= 0.3 is 6.09 Å². The number of carbonyl (C=O) groups is 2. The Morgan fingerprint density at radius 1 is 1.20 bits per heavy atom. The van der Waals surface area contributed by atoms with Crippen LogP contribution in [0.25, 0.3) is 0 Å². The zero-order valence-corrected chi connectivity index (χ0v) is 18.7. The van der Waals surface area contributed by atoms with E-state index in [2.05, 4.69) is 0 Å². The van der Waals surface area contributed by atoms with E-state index in [-0.39, 0.29) is 49.1 Å². The number of sulfonamides is 2. The van der Waals surface area contributed by atoms with Gasteiger partial charge in [0.1, 0.15) is 0 Å². The number of carbonyl (C=O) groups excluding carboxylic acids is 2. The van der Waals surface area contributed by atoms with Crippen molar-refractivity contribution in [3.05, 3.63) is 23.8 Å². The van der Waals surface area contributed by atoms with E-state index in [0.29, 0.717) is 5.56 Å². The second kappa shape index (κ2) is 8.16. The van der Waals surface area contributed by atoms with Gasteiger partial charge in [-0.05, 0) is 37.6 Å². The highest BCUT2D eigenvalue weighted by Gasteiger charge is 2.42. The van der Waals surface area contributed by atoms with Gasteiger partial charge in [-0.3, -0.25) is 4.79 Å². The maximum Gasteiger partial charge on any atom is 0.409 e. The maximum atomic E-state index is 13.1. The molecule has 1 aromatic carbocycles. The number of benzene rings is 1. The fourth-order valence-electron chi connectivity index (χ4n) is 3.60. The zero-order chi connectivity index (χ0) is 22.3. The molecule has 1 atom stereocenters. The van der Waals surface area contributed by atoms with Crippen molar-refractivity contribution in [1.82, 2.24) is 9.21 Å². The molecule has 2 saturated heterocycles. The van der Waals surface area contributed by atoms with Crippen molar-refractivity contribution in [3.8, 4) is 0 Å². The summed E-state index contributed by atoms with van der Waals surface area (Å²) < 4.78 is 57.7. The van der Waals surface area contributed by atoms with Crippen molar-refractivity contribution in [2.24, 2.45) is 5.92 Å². The van der Waals surface area contributed by atoms with E-state index < -0.39 is 38.0 Å². The summed E-state index contributed by atoms with van der Waals surface area (Å²) in [6.07, 6.45) is -0.471. The van der Waals surface area contributed by atoms with E-state index in [1.165, 1.54) is 27.4 Å². The number of aryl methyl sites for hydroxylation is 1. The van der Waals surface area contributed by atoms with E-state index in [1.807, 2.05) is 0 Å². The molecule has 166 valence electrons. The van der Waals surface area contributed by atoms with Crippen LogP contribution in [0.2, 0.25) is 0 Å². The molecule has 10 nitrogen and oxygen atoms in total. The lowest BCUT2D eigenvalue weighted by molar-refractivity contribution is -0.119. The molecule has 0 spiro atoms. The minimum absolute atomic E-state index is 0.0351. The molecule has 0 radical (unpaired) electrons. The average molecular weight is 460 g/mol. The maximum absolute atomic E-state index is 13.1. The first-order valence-electron chi connectivity index (χ1n) is 9.58. The van der Waals surface area contributed by atoms with Gasteiger partial charge in [-0.2, -0.15) is 4.31 Å². The second-order valence-electron chi connectivity index (χ2n) is 7.32. The molecule has 2 heterocycles. The van der Waals surface area contributed by atoms with Crippen LogP contribution in [0.15, 0.2) is 23.1 Å². The molecule has 0 aliphatic carbocycles. The first-order chi connectivity index (χ1) is 14.0. The number of anilines is 1. The highest BCUT2D eigenvalue weighted by atomic mass is 32.2. The third kappa shape index (κ3) is 4.03. The third-order valence-electron chi connectivity index (χ3n) is 5.14. The Kier molecular flexibility index (Phi) is 6.12. The summed E-state index contributed by atoms with van der Waals surface area (Å²) in [5.74, 6) is -1.44. The van der Waals surface area contributed by atoms with E-state index in [1.54, 1.807) is 20.8 Å². The van der Waals surface area contributed by atoms with Crippen LogP contribution in [0.5, 0.6) is 0 Å². The van der Waals surface area contributed by atoms with Crippen LogP contribution in [0.1, 0.15) is 19.4 Å². The topological polar surface area (TPSA) is 121 Å². The predicted molar refractivity (Wildman–Crippen MR) is 109 cm³/mol. The molecule has 3 rings (SSSR count). The number of hydrogen-bond acceptors (Lipinski definition) is 7. The molecule has 0 bridgehead atoms. The fourth-order valence-corrected chi connectivity index (χ4v) is 7.04. The van der Waals surface area contributed by atoms with Crippen LogP contribution in [0.3, 0.4) is 0 Å². The molecule has 2 aliphatic heterocycles. The summed E-state index contributed by atoms with van der Waals surface area (Å²) in [7, 11) is -7.61. The number of hydrogen-bond donors (Lipinski definition) is 0. The average Bonchev–Trinajstić information content (AvgIpc) is 2.88. The lowest BCUT2D eigenvalue weighted by Gasteiger charge is -2.33. The van der Waals surface area contributed by atoms with Gasteiger partial charge in [0.25, 0.3) is 0 Å². The predicted octanol–water partition coefficient (Wildman–Crippen LogP) is 0.770. The van der Waals surface area contributed by atoms with Crippen LogP contribution >= 0.6 is 0 Å². The molecule has 0 N–H and O–H groups in total. The first kappa shape index (κ1) is 22.5. The SMILES string of the molecule is CCOC(=O)N1CCN(S(=O)(=O)c2ccc(N3C(=O)[C@H](C)CS3(=O)=O)cc2C)CC1. The van der Waals surface area contributed by atoms with Gasteiger partial charge in [0, 0.05) is 26.2 Å². The van der Waals surface area contributed by atoms with Crippen molar-refractivity contribution in [3.63, 3.8) is 0 Å². The number of nitrogens with zero attached hydrogens (tertiary/aromatic N) is 3. The van der Waals surface area contributed by atoms with Crippen molar-refractivity contribution in [2.45, 2.75) is 25.7 Å². The van der Waals surface area contributed by atoms with Gasteiger partial charge in [-0.1, -0.05) is 6.92 Å². The van der Waals surface area contributed by atoms with Gasteiger partial charge in [0.15, 0.2) is 0 Å². The minimum atomic E-state index is -3.85. The Balaban J connectivity index is 1.81. The normalized spacial score (nSPS) is 22.4. The van der Waals surface area contributed by atoms with E-state index in [0.717, 1.165) is 4.31 Å². The lowest BCUT2D eigenvalue weighted by atomic mass is 10.2. The second-order valence-corrected chi connectivity index (χ2v) is 11.1.